The van der Waals surface area contributed by atoms with Gasteiger partial charge in [-0.15, -0.1) is 0 Å². The number of hydrogen-bond donors (Lipinski definition) is 1. The van der Waals surface area contributed by atoms with Gasteiger partial charge in [-0.05, 0) is 12.2 Å². The summed E-state index contributed by atoms with van der Waals surface area (Å²) in [4.78, 5) is 11.1. The lowest BCUT2D eigenvalue weighted by Crippen LogP contribution is -2.33. The quantitative estimate of drug-likeness (QED) is 0.712. The van der Waals surface area contributed by atoms with Gasteiger partial charge in [-0.25, -0.2) is 4.39 Å². The minimum Gasteiger partial charge on any atom is -0.468 e. The Morgan fingerprint density at radius 1 is 1.69 bits per heavy atom. The average molecular weight is 250 g/mol. The van der Waals surface area contributed by atoms with E-state index in [9.17, 15) is 9.18 Å². The van der Waals surface area contributed by atoms with Crippen molar-refractivity contribution in [1.29, 1.82) is 0 Å². The summed E-state index contributed by atoms with van der Waals surface area (Å²) in [5, 5.41) is 0. The van der Waals surface area contributed by atoms with Gasteiger partial charge >= 0.3 is 5.97 Å². The van der Waals surface area contributed by atoms with E-state index in [-0.39, 0.29) is 5.70 Å². The third-order valence-electron chi connectivity index (χ3n) is 1.81. The van der Waals surface area contributed by atoms with Crippen LogP contribution >= 0.6 is 15.9 Å². The van der Waals surface area contributed by atoms with E-state index in [1.54, 1.807) is 0 Å². The van der Waals surface area contributed by atoms with E-state index in [2.05, 4.69) is 20.7 Å². The molecule has 72 valence electrons. The first-order valence-corrected chi connectivity index (χ1v) is 4.42. The molecule has 0 aliphatic heterocycles. The molecule has 1 rings (SSSR count). The van der Waals surface area contributed by atoms with Crippen LogP contribution in [0.5, 0.6) is 0 Å². The molecule has 1 aliphatic carbocycles. The van der Waals surface area contributed by atoms with Gasteiger partial charge in [-0.1, -0.05) is 15.9 Å². The Kier molecular flexibility index (Phi) is 3.08. The molecule has 0 fully saturated rings. The van der Waals surface area contributed by atoms with Crippen LogP contribution in [0.3, 0.4) is 0 Å². The van der Waals surface area contributed by atoms with E-state index < -0.39 is 18.1 Å². The summed E-state index contributed by atoms with van der Waals surface area (Å²) in [7, 11) is 1.20. The van der Waals surface area contributed by atoms with Crippen LogP contribution in [0, 0.1) is 5.92 Å². The number of allylic oxidation sites excluding steroid dienone is 3. The van der Waals surface area contributed by atoms with Crippen molar-refractivity contribution in [3.63, 3.8) is 0 Å². The summed E-state index contributed by atoms with van der Waals surface area (Å²) in [6, 6.07) is 0. The van der Waals surface area contributed by atoms with Crippen LogP contribution in [-0.2, 0) is 9.53 Å². The Morgan fingerprint density at radius 2 is 2.31 bits per heavy atom. The summed E-state index contributed by atoms with van der Waals surface area (Å²) in [6.45, 7) is 0. The molecule has 0 amide bonds. The Labute approximate surface area is 83.6 Å². The molecule has 0 aromatic heterocycles. The molecule has 0 saturated carbocycles. The van der Waals surface area contributed by atoms with Gasteiger partial charge in [0.2, 0.25) is 0 Å². The monoisotopic (exact) mass is 249 g/mol. The maximum Gasteiger partial charge on any atom is 0.318 e. The summed E-state index contributed by atoms with van der Waals surface area (Å²) in [5.74, 6) is -1.68. The van der Waals surface area contributed by atoms with Crippen molar-refractivity contribution < 1.29 is 13.9 Å². The van der Waals surface area contributed by atoms with E-state index in [0.717, 1.165) is 0 Å². The highest BCUT2D eigenvalue weighted by atomic mass is 79.9. The SMILES string of the molecule is COC(=O)C1C(N)=CC=C(Br)C1F. The molecule has 2 N–H and O–H groups in total. The number of rotatable bonds is 1. The van der Waals surface area contributed by atoms with Crippen LogP contribution < -0.4 is 5.73 Å². The molecular weight excluding hydrogens is 241 g/mol. The van der Waals surface area contributed by atoms with Crippen molar-refractivity contribution in [2.45, 2.75) is 6.17 Å². The molecule has 0 radical (unpaired) electrons. The molecule has 1 aliphatic rings. The topological polar surface area (TPSA) is 52.3 Å². The molecule has 0 saturated heterocycles. The predicted molar refractivity (Wildman–Crippen MR) is 49.7 cm³/mol. The molecule has 13 heavy (non-hydrogen) atoms. The smallest absolute Gasteiger partial charge is 0.318 e. The number of halogens is 2. The van der Waals surface area contributed by atoms with Crippen molar-refractivity contribution in [2.75, 3.05) is 7.11 Å². The lowest BCUT2D eigenvalue weighted by molar-refractivity contribution is -0.145. The van der Waals surface area contributed by atoms with Gasteiger partial charge in [0.25, 0.3) is 0 Å². The van der Waals surface area contributed by atoms with Crippen LogP contribution in [0.25, 0.3) is 0 Å². The second kappa shape index (κ2) is 3.91. The van der Waals surface area contributed by atoms with E-state index in [1.807, 2.05) is 0 Å². The molecule has 0 spiro atoms. The first-order valence-electron chi connectivity index (χ1n) is 3.62. The fourth-order valence-corrected chi connectivity index (χ4v) is 1.48. The maximum absolute atomic E-state index is 13.4. The molecule has 0 bridgehead atoms. The third-order valence-corrected chi connectivity index (χ3v) is 2.51. The van der Waals surface area contributed by atoms with Crippen LogP contribution in [0.4, 0.5) is 4.39 Å². The van der Waals surface area contributed by atoms with Gasteiger partial charge in [-0.2, -0.15) is 0 Å². The summed E-state index contributed by atoms with van der Waals surface area (Å²) in [5.41, 5.74) is 5.65. The average Bonchev–Trinajstić information content (AvgIpc) is 2.12. The Hall–Kier alpha value is -0.840. The van der Waals surface area contributed by atoms with Gasteiger partial charge in [0.1, 0.15) is 5.92 Å². The van der Waals surface area contributed by atoms with Crippen molar-refractivity contribution in [2.24, 2.45) is 11.7 Å². The number of hydrogen-bond acceptors (Lipinski definition) is 3. The molecule has 0 aromatic rings. The van der Waals surface area contributed by atoms with Crippen LogP contribution in [-0.4, -0.2) is 19.3 Å². The standard InChI is InChI=1S/C8H9BrFNO2/c1-13-8(12)6-5(11)3-2-4(9)7(6)10/h2-3,6-7H,11H2,1H3. The Morgan fingerprint density at radius 3 is 2.85 bits per heavy atom. The van der Waals surface area contributed by atoms with Gasteiger partial charge in [-0.3, -0.25) is 4.79 Å². The van der Waals surface area contributed by atoms with E-state index in [1.165, 1.54) is 19.3 Å². The lowest BCUT2D eigenvalue weighted by atomic mass is 9.95. The zero-order valence-electron chi connectivity index (χ0n) is 6.96. The van der Waals surface area contributed by atoms with Crippen LogP contribution in [0.2, 0.25) is 0 Å². The molecule has 0 heterocycles. The second-order valence-electron chi connectivity index (χ2n) is 2.62. The van der Waals surface area contributed by atoms with Crippen LogP contribution in [0.15, 0.2) is 22.3 Å². The highest BCUT2D eigenvalue weighted by molar-refractivity contribution is 9.11. The van der Waals surface area contributed by atoms with Gasteiger partial charge in [0.05, 0.1) is 7.11 Å². The first kappa shape index (κ1) is 10.2. The molecule has 3 nitrogen and oxygen atoms in total. The zero-order valence-corrected chi connectivity index (χ0v) is 8.55. The Bertz CT molecular complexity index is 288. The predicted octanol–water partition coefficient (Wildman–Crippen LogP) is 1.25. The minimum atomic E-state index is -1.45. The summed E-state index contributed by atoms with van der Waals surface area (Å²) < 4.78 is 18.1. The largest absolute Gasteiger partial charge is 0.468 e. The normalized spacial score (nSPS) is 27.6. The number of carbonyl (C=O) groups excluding carboxylic acids is 1. The number of carbonyl (C=O) groups is 1. The molecule has 5 heteroatoms. The number of methoxy groups -OCH3 is 1. The second-order valence-corrected chi connectivity index (χ2v) is 3.54. The van der Waals surface area contributed by atoms with Crippen molar-refractivity contribution in [1.82, 2.24) is 0 Å². The molecule has 2 atom stereocenters. The molecular formula is C8H9BrFNO2. The van der Waals surface area contributed by atoms with Gasteiger partial charge in [0.15, 0.2) is 6.17 Å². The van der Waals surface area contributed by atoms with Gasteiger partial charge in [0, 0.05) is 10.2 Å². The highest BCUT2D eigenvalue weighted by Crippen LogP contribution is 2.30. The van der Waals surface area contributed by atoms with Crippen LogP contribution in [0.1, 0.15) is 0 Å². The van der Waals surface area contributed by atoms with E-state index in [0.29, 0.717) is 4.48 Å². The van der Waals surface area contributed by atoms with Gasteiger partial charge < -0.3 is 10.5 Å². The zero-order chi connectivity index (χ0) is 10.0. The van der Waals surface area contributed by atoms with Crippen molar-refractivity contribution in [3.05, 3.63) is 22.3 Å². The number of nitrogens with two attached hydrogens (primary N) is 1. The lowest BCUT2D eigenvalue weighted by Gasteiger charge is -2.21. The Balaban J connectivity index is 2.92. The van der Waals surface area contributed by atoms with E-state index >= 15 is 0 Å². The van der Waals surface area contributed by atoms with Crippen molar-refractivity contribution in [3.8, 4) is 0 Å². The highest BCUT2D eigenvalue weighted by Gasteiger charge is 2.35. The minimum absolute atomic E-state index is 0.183. The molecule has 2 unspecified atom stereocenters. The third kappa shape index (κ3) is 1.91. The van der Waals surface area contributed by atoms with E-state index in [4.69, 9.17) is 5.73 Å². The first-order chi connectivity index (χ1) is 6.07. The number of esters is 1. The molecule has 0 aromatic carbocycles. The summed E-state index contributed by atoms with van der Waals surface area (Å²) >= 11 is 3.00. The fourth-order valence-electron chi connectivity index (χ4n) is 1.08. The number of alkyl halides is 1. The van der Waals surface area contributed by atoms with Crippen molar-refractivity contribution >= 4 is 21.9 Å². The number of ether oxygens (including phenoxy) is 1. The maximum atomic E-state index is 13.4. The summed E-state index contributed by atoms with van der Waals surface area (Å²) in [6.07, 6.45) is 1.53. The fraction of sp³-hybridized carbons (Fsp3) is 0.375.